The van der Waals surface area contributed by atoms with Crippen LogP contribution >= 0.6 is 0 Å². The Morgan fingerprint density at radius 2 is 1.26 bits per heavy atom. The fourth-order valence-electron chi connectivity index (χ4n) is 3.89. The smallest absolute Gasteiger partial charge is 0.307 e. The Balaban J connectivity index is 2.02. The summed E-state index contributed by atoms with van der Waals surface area (Å²) in [5.41, 5.74) is -5.63. The molecule has 2 atom stereocenters. The number of hydrogen-bond donors (Lipinski definition) is 1. The highest BCUT2D eigenvalue weighted by molar-refractivity contribution is 5.84. The van der Waals surface area contributed by atoms with E-state index in [1.807, 2.05) is 6.92 Å². The molecule has 0 radical (unpaired) electrons. The molecule has 0 spiro atoms. The molecule has 11 heteroatoms. The molecular weight excluding hydrogens is 477 g/mol. The SMILES string of the molecule is C[C@@H]1CN[C@H](C(=O)CCc2cc(-c3cc(C(F)(F)F)cc(C(F)(F)F)c3)cc(C(F)(F)F)c2)C1. The van der Waals surface area contributed by atoms with E-state index in [-0.39, 0.29) is 36.2 Å². The van der Waals surface area contributed by atoms with Crippen LogP contribution in [0.4, 0.5) is 39.5 Å². The van der Waals surface area contributed by atoms with E-state index in [2.05, 4.69) is 5.32 Å². The Labute approximate surface area is 189 Å². The number of carbonyl (C=O) groups excluding carboxylic acids is 1. The Hall–Kier alpha value is -2.56. The van der Waals surface area contributed by atoms with Gasteiger partial charge in [0.2, 0.25) is 0 Å². The predicted octanol–water partition coefficient (Wildman–Crippen LogP) is 6.91. The van der Waals surface area contributed by atoms with E-state index in [0.29, 0.717) is 31.2 Å². The van der Waals surface area contributed by atoms with Gasteiger partial charge in [0.05, 0.1) is 22.7 Å². The van der Waals surface area contributed by atoms with E-state index in [1.165, 1.54) is 0 Å². The zero-order valence-corrected chi connectivity index (χ0v) is 17.8. The maximum Gasteiger partial charge on any atom is 0.416 e. The van der Waals surface area contributed by atoms with Gasteiger partial charge in [-0.1, -0.05) is 13.0 Å². The van der Waals surface area contributed by atoms with Crippen LogP contribution in [-0.2, 0) is 29.7 Å². The molecule has 0 aliphatic carbocycles. The first-order valence-electron chi connectivity index (χ1n) is 10.3. The molecule has 34 heavy (non-hydrogen) atoms. The molecule has 1 saturated heterocycles. The van der Waals surface area contributed by atoms with Gasteiger partial charge in [-0.2, -0.15) is 39.5 Å². The highest BCUT2D eigenvalue weighted by atomic mass is 19.4. The van der Waals surface area contributed by atoms with Crippen LogP contribution in [0.15, 0.2) is 36.4 Å². The minimum absolute atomic E-state index is 0.0183. The standard InChI is InChI=1S/C23H20F9NO/c1-12-4-19(33-11-12)20(34)3-2-13-5-14(7-16(6-13)21(24,25)26)15-8-17(22(27,28)29)10-18(9-15)23(30,31)32/h5-10,12,19,33H,2-4,11H2,1H3/t12-,19-/m0/s1. The number of halogens is 9. The fourth-order valence-corrected chi connectivity index (χ4v) is 3.89. The molecule has 2 aromatic rings. The molecule has 3 rings (SSSR count). The monoisotopic (exact) mass is 497 g/mol. The third-order valence-electron chi connectivity index (χ3n) is 5.64. The van der Waals surface area contributed by atoms with Gasteiger partial charge in [-0.05, 0) is 72.3 Å². The van der Waals surface area contributed by atoms with Crippen molar-refractivity contribution in [3.8, 4) is 11.1 Å². The average Bonchev–Trinajstić information content (AvgIpc) is 3.16. The molecule has 0 bridgehead atoms. The minimum Gasteiger partial charge on any atom is -0.307 e. The van der Waals surface area contributed by atoms with Gasteiger partial charge in [0.1, 0.15) is 5.78 Å². The first kappa shape index (κ1) is 26.1. The van der Waals surface area contributed by atoms with Crippen molar-refractivity contribution < 1.29 is 44.3 Å². The number of alkyl halides is 9. The minimum atomic E-state index is -5.14. The summed E-state index contributed by atoms with van der Waals surface area (Å²) in [4.78, 5) is 12.4. The molecule has 1 fully saturated rings. The zero-order chi connectivity index (χ0) is 25.5. The summed E-state index contributed by atoms with van der Waals surface area (Å²) in [5, 5.41) is 3.01. The van der Waals surface area contributed by atoms with Crippen LogP contribution in [-0.4, -0.2) is 18.4 Å². The molecule has 1 aliphatic rings. The van der Waals surface area contributed by atoms with E-state index in [1.54, 1.807) is 0 Å². The van der Waals surface area contributed by atoms with Crippen LogP contribution in [0.5, 0.6) is 0 Å². The Kier molecular flexibility index (Phi) is 7.08. The van der Waals surface area contributed by atoms with E-state index >= 15 is 0 Å². The lowest BCUT2D eigenvalue weighted by Crippen LogP contribution is -2.30. The second-order valence-electron chi connectivity index (χ2n) is 8.48. The summed E-state index contributed by atoms with van der Waals surface area (Å²) in [5.74, 6) is 0.0413. The van der Waals surface area contributed by atoms with Crippen molar-refractivity contribution in [1.29, 1.82) is 0 Å². The van der Waals surface area contributed by atoms with Gasteiger partial charge in [0.25, 0.3) is 0 Å². The Bertz CT molecular complexity index is 1020. The molecule has 1 N–H and O–H groups in total. The van der Waals surface area contributed by atoms with E-state index in [4.69, 9.17) is 0 Å². The molecular formula is C23H20F9NO. The first-order valence-corrected chi connectivity index (χ1v) is 10.3. The fraction of sp³-hybridized carbons (Fsp3) is 0.435. The van der Waals surface area contributed by atoms with E-state index in [9.17, 15) is 44.3 Å². The molecule has 0 unspecified atom stereocenters. The number of hydrogen-bond acceptors (Lipinski definition) is 2. The number of aryl methyl sites for hydroxylation is 1. The van der Waals surface area contributed by atoms with Crippen LogP contribution in [0, 0.1) is 5.92 Å². The molecule has 0 saturated carbocycles. The molecule has 0 aromatic heterocycles. The molecule has 1 heterocycles. The lowest BCUT2D eigenvalue weighted by atomic mass is 9.93. The molecule has 1 aliphatic heterocycles. The average molecular weight is 497 g/mol. The van der Waals surface area contributed by atoms with E-state index in [0.717, 1.165) is 12.1 Å². The number of nitrogens with one attached hydrogen (secondary N) is 1. The highest BCUT2D eigenvalue weighted by Crippen LogP contribution is 2.40. The highest BCUT2D eigenvalue weighted by Gasteiger charge is 2.37. The normalized spacial score (nSPS) is 19.5. The van der Waals surface area contributed by atoms with Gasteiger partial charge >= 0.3 is 18.5 Å². The van der Waals surface area contributed by atoms with Gasteiger partial charge < -0.3 is 5.32 Å². The van der Waals surface area contributed by atoms with Crippen LogP contribution in [0.1, 0.15) is 42.0 Å². The van der Waals surface area contributed by atoms with Gasteiger partial charge in [-0.25, -0.2) is 0 Å². The Morgan fingerprint density at radius 1 is 0.794 bits per heavy atom. The summed E-state index contributed by atoms with van der Waals surface area (Å²) in [6, 6.07) is 2.57. The second kappa shape index (κ2) is 9.24. The third kappa shape index (κ3) is 6.31. The maximum atomic E-state index is 13.5. The number of carbonyl (C=O) groups is 1. The van der Waals surface area contributed by atoms with Crippen molar-refractivity contribution >= 4 is 5.78 Å². The van der Waals surface area contributed by atoms with Gasteiger partial charge in [0.15, 0.2) is 0 Å². The van der Waals surface area contributed by atoms with Crippen LogP contribution in [0.3, 0.4) is 0 Å². The number of rotatable bonds is 5. The van der Waals surface area contributed by atoms with Crippen LogP contribution < -0.4 is 5.32 Å². The lowest BCUT2D eigenvalue weighted by molar-refractivity contribution is -0.143. The van der Waals surface area contributed by atoms with Crippen molar-refractivity contribution in [3.05, 3.63) is 58.7 Å². The Morgan fingerprint density at radius 3 is 1.71 bits per heavy atom. The molecule has 0 amide bonds. The maximum absolute atomic E-state index is 13.5. The van der Waals surface area contributed by atoms with Gasteiger partial charge in [-0.15, -0.1) is 0 Å². The van der Waals surface area contributed by atoms with Gasteiger partial charge in [0, 0.05) is 6.42 Å². The summed E-state index contributed by atoms with van der Waals surface area (Å²) in [6.45, 7) is 2.56. The molecule has 186 valence electrons. The molecule has 2 aromatic carbocycles. The zero-order valence-electron chi connectivity index (χ0n) is 17.8. The molecule has 2 nitrogen and oxygen atoms in total. The van der Waals surface area contributed by atoms with Crippen molar-refractivity contribution in [3.63, 3.8) is 0 Å². The summed E-state index contributed by atoms with van der Waals surface area (Å²) in [6.07, 6.45) is -14.9. The van der Waals surface area contributed by atoms with Crippen LogP contribution in [0.25, 0.3) is 11.1 Å². The van der Waals surface area contributed by atoms with Crippen molar-refractivity contribution in [1.82, 2.24) is 5.32 Å². The first-order chi connectivity index (χ1) is 15.5. The van der Waals surface area contributed by atoms with Gasteiger partial charge in [-0.3, -0.25) is 4.79 Å². The largest absolute Gasteiger partial charge is 0.416 e. The van der Waals surface area contributed by atoms with Crippen molar-refractivity contribution in [2.45, 2.75) is 50.8 Å². The summed E-state index contributed by atoms with van der Waals surface area (Å²) >= 11 is 0. The second-order valence-corrected chi connectivity index (χ2v) is 8.48. The number of benzene rings is 2. The third-order valence-corrected chi connectivity index (χ3v) is 5.64. The van der Waals surface area contributed by atoms with Crippen molar-refractivity contribution in [2.75, 3.05) is 6.54 Å². The summed E-state index contributed by atoms with van der Waals surface area (Å²) < 4.78 is 120. The number of ketones is 1. The topological polar surface area (TPSA) is 29.1 Å². The lowest BCUT2D eigenvalue weighted by Gasteiger charge is -2.17. The van der Waals surface area contributed by atoms with Crippen LogP contribution in [0.2, 0.25) is 0 Å². The quantitative estimate of drug-likeness (QED) is 0.455. The predicted molar refractivity (Wildman–Crippen MR) is 106 cm³/mol. The summed E-state index contributed by atoms with van der Waals surface area (Å²) in [7, 11) is 0. The van der Waals surface area contributed by atoms with Crippen molar-refractivity contribution in [2.24, 2.45) is 5.92 Å². The van der Waals surface area contributed by atoms with E-state index < -0.39 is 52.4 Å². The number of Topliss-reactive ketones (excluding diaryl/α,β-unsaturated/α-hetero) is 1.